The molecule has 0 amide bonds. The van der Waals surface area contributed by atoms with E-state index in [1.54, 1.807) is 7.05 Å². The van der Waals surface area contributed by atoms with Gasteiger partial charge in [-0.3, -0.25) is 10.4 Å². The molecule has 1 aromatic rings. The van der Waals surface area contributed by atoms with Gasteiger partial charge in [0.25, 0.3) is 0 Å². The van der Waals surface area contributed by atoms with Crippen molar-refractivity contribution < 1.29 is 0 Å². The SMILES string of the molecule is CN=C(NN)Nc1cc(Cl)c(C)cc1Br. The van der Waals surface area contributed by atoms with E-state index in [2.05, 4.69) is 31.7 Å². The van der Waals surface area contributed by atoms with Gasteiger partial charge in [-0.15, -0.1) is 0 Å². The van der Waals surface area contributed by atoms with Gasteiger partial charge in [0.1, 0.15) is 0 Å². The van der Waals surface area contributed by atoms with Crippen molar-refractivity contribution in [2.45, 2.75) is 6.92 Å². The Morgan fingerprint density at radius 1 is 1.53 bits per heavy atom. The fourth-order valence-corrected chi connectivity index (χ4v) is 1.75. The molecule has 0 saturated heterocycles. The summed E-state index contributed by atoms with van der Waals surface area (Å²) in [6.45, 7) is 1.94. The van der Waals surface area contributed by atoms with Crippen molar-refractivity contribution in [1.29, 1.82) is 0 Å². The number of benzene rings is 1. The van der Waals surface area contributed by atoms with Crippen molar-refractivity contribution >= 4 is 39.2 Å². The molecule has 0 spiro atoms. The van der Waals surface area contributed by atoms with Crippen molar-refractivity contribution in [3.05, 3.63) is 27.2 Å². The van der Waals surface area contributed by atoms with Crippen molar-refractivity contribution in [2.75, 3.05) is 12.4 Å². The van der Waals surface area contributed by atoms with Crippen LogP contribution in [0.1, 0.15) is 5.56 Å². The highest BCUT2D eigenvalue weighted by molar-refractivity contribution is 9.10. The number of nitrogens with one attached hydrogen (secondary N) is 2. The van der Waals surface area contributed by atoms with E-state index in [0.29, 0.717) is 11.0 Å². The van der Waals surface area contributed by atoms with E-state index < -0.39 is 0 Å². The van der Waals surface area contributed by atoms with Crippen molar-refractivity contribution in [3.8, 4) is 0 Å². The van der Waals surface area contributed by atoms with Crippen LogP contribution >= 0.6 is 27.5 Å². The van der Waals surface area contributed by atoms with Gasteiger partial charge in [-0.2, -0.15) is 0 Å². The number of halogens is 2. The highest BCUT2D eigenvalue weighted by Crippen LogP contribution is 2.28. The normalized spacial score (nSPS) is 11.4. The zero-order valence-corrected chi connectivity index (χ0v) is 10.8. The number of hydrogen-bond acceptors (Lipinski definition) is 2. The summed E-state index contributed by atoms with van der Waals surface area (Å²) in [5.74, 6) is 5.73. The van der Waals surface area contributed by atoms with E-state index in [9.17, 15) is 0 Å². The van der Waals surface area contributed by atoms with E-state index in [0.717, 1.165) is 15.7 Å². The van der Waals surface area contributed by atoms with Gasteiger partial charge in [0.05, 0.1) is 5.69 Å². The number of guanidine groups is 1. The summed E-state index contributed by atoms with van der Waals surface area (Å²) >= 11 is 9.43. The van der Waals surface area contributed by atoms with Gasteiger partial charge in [-0.25, -0.2) is 5.84 Å². The number of hydrogen-bond donors (Lipinski definition) is 3. The predicted molar refractivity (Wildman–Crippen MR) is 68.2 cm³/mol. The number of nitrogens with zero attached hydrogens (tertiary/aromatic N) is 1. The zero-order valence-electron chi connectivity index (χ0n) is 8.44. The Morgan fingerprint density at radius 2 is 2.20 bits per heavy atom. The standard InChI is InChI=1S/C9H12BrClN4/c1-5-3-6(10)8(4-7(5)11)14-9(13-2)15-12/h3-4H,12H2,1-2H3,(H2,13,14,15). The Bertz CT molecular complexity index is 392. The molecule has 0 heterocycles. The van der Waals surface area contributed by atoms with Crippen LogP contribution in [0.25, 0.3) is 0 Å². The molecule has 0 bridgehead atoms. The quantitative estimate of drug-likeness (QED) is 0.322. The summed E-state index contributed by atoms with van der Waals surface area (Å²) in [5.41, 5.74) is 4.25. The molecule has 0 radical (unpaired) electrons. The first-order valence-electron chi connectivity index (χ1n) is 4.24. The maximum absolute atomic E-state index is 6.00. The van der Waals surface area contributed by atoms with E-state index in [1.165, 1.54) is 0 Å². The number of rotatable bonds is 1. The van der Waals surface area contributed by atoms with Crippen LogP contribution in [0.3, 0.4) is 0 Å². The van der Waals surface area contributed by atoms with Crippen LogP contribution in [-0.4, -0.2) is 13.0 Å². The molecule has 4 N–H and O–H groups in total. The highest BCUT2D eigenvalue weighted by atomic mass is 79.9. The summed E-state index contributed by atoms with van der Waals surface area (Å²) in [4.78, 5) is 3.90. The maximum Gasteiger partial charge on any atom is 0.210 e. The lowest BCUT2D eigenvalue weighted by Gasteiger charge is -2.11. The van der Waals surface area contributed by atoms with Gasteiger partial charge < -0.3 is 5.32 Å². The summed E-state index contributed by atoms with van der Waals surface area (Å²) in [5, 5.41) is 3.69. The average molecular weight is 292 g/mol. The number of anilines is 1. The molecule has 0 aliphatic heterocycles. The predicted octanol–water partition coefficient (Wildman–Crippen LogP) is 2.27. The minimum absolute atomic E-state index is 0.468. The van der Waals surface area contributed by atoms with Gasteiger partial charge in [-0.1, -0.05) is 11.6 Å². The van der Waals surface area contributed by atoms with E-state index in [-0.39, 0.29) is 0 Å². The molecule has 0 fully saturated rings. The number of nitrogens with two attached hydrogens (primary N) is 1. The third kappa shape index (κ3) is 3.09. The van der Waals surface area contributed by atoms with Crippen LogP contribution in [-0.2, 0) is 0 Å². The number of aryl methyl sites for hydroxylation is 1. The molecule has 82 valence electrons. The number of hydrazine groups is 1. The molecule has 6 heteroatoms. The van der Waals surface area contributed by atoms with Gasteiger partial charge >= 0.3 is 0 Å². The molecule has 0 aliphatic carbocycles. The highest BCUT2D eigenvalue weighted by Gasteiger charge is 2.05. The van der Waals surface area contributed by atoms with E-state index >= 15 is 0 Å². The number of aliphatic imine (C=N–C) groups is 1. The molecule has 1 aromatic carbocycles. The lowest BCUT2D eigenvalue weighted by Crippen LogP contribution is -2.36. The average Bonchev–Trinajstić information content (AvgIpc) is 2.21. The summed E-state index contributed by atoms with van der Waals surface area (Å²) in [6.07, 6.45) is 0. The molecule has 0 atom stereocenters. The summed E-state index contributed by atoms with van der Waals surface area (Å²) < 4.78 is 0.904. The largest absolute Gasteiger partial charge is 0.324 e. The van der Waals surface area contributed by atoms with Crippen LogP contribution in [0.5, 0.6) is 0 Å². The first-order chi connectivity index (χ1) is 7.08. The summed E-state index contributed by atoms with van der Waals surface area (Å²) in [7, 11) is 1.63. The third-order valence-corrected chi connectivity index (χ3v) is 2.92. The van der Waals surface area contributed by atoms with E-state index in [4.69, 9.17) is 17.4 Å². The van der Waals surface area contributed by atoms with Gasteiger partial charge in [0.15, 0.2) is 0 Å². The third-order valence-electron chi connectivity index (χ3n) is 1.86. The Kier molecular flexibility index (Phi) is 4.38. The maximum atomic E-state index is 6.00. The second-order valence-electron chi connectivity index (χ2n) is 2.92. The van der Waals surface area contributed by atoms with Gasteiger partial charge in [0.2, 0.25) is 5.96 Å². The second kappa shape index (κ2) is 5.34. The van der Waals surface area contributed by atoms with Crippen molar-refractivity contribution in [1.82, 2.24) is 5.43 Å². The fourth-order valence-electron chi connectivity index (χ4n) is 1.03. The lowest BCUT2D eigenvalue weighted by molar-refractivity contribution is 1.01. The molecular formula is C9H12BrClN4. The molecule has 0 aromatic heterocycles. The molecule has 15 heavy (non-hydrogen) atoms. The Balaban J connectivity index is 3.00. The Labute approximate surface area is 102 Å². The monoisotopic (exact) mass is 290 g/mol. The molecule has 0 saturated carbocycles. The van der Waals surface area contributed by atoms with E-state index in [1.807, 2.05) is 19.1 Å². The Hall–Kier alpha value is -0.780. The Morgan fingerprint density at radius 3 is 2.73 bits per heavy atom. The van der Waals surface area contributed by atoms with Crippen LogP contribution in [0.4, 0.5) is 5.69 Å². The van der Waals surface area contributed by atoms with Crippen LogP contribution < -0.4 is 16.6 Å². The molecule has 1 rings (SSSR count). The topological polar surface area (TPSA) is 62.4 Å². The first-order valence-corrected chi connectivity index (χ1v) is 5.41. The van der Waals surface area contributed by atoms with Gasteiger partial charge in [0, 0.05) is 16.5 Å². The first kappa shape index (κ1) is 12.3. The summed E-state index contributed by atoms with van der Waals surface area (Å²) in [6, 6.07) is 3.73. The van der Waals surface area contributed by atoms with Crippen molar-refractivity contribution in [2.24, 2.45) is 10.8 Å². The van der Waals surface area contributed by atoms with Gasteiger partial charge in [-0.05, 0) is 40.5 Å². The molecule has 0 aliphatic rings. The van der Waals surface area contributed by atoms with Crippen molar-refractivity contribution in [3.63, 3.8) is 0 Å². The zero-order chi connectivity index (χ0) is 11.4. The van der Waals surface area contributed by atoms with Crippen LogP contribution in [0.15, 0.2) is 21.6 Å². The molecular weight excluding hydrogens is 279 g/mol. The van der Waals surface area contributed by atoms with Crippen LogP contribution in [0.2, 0.25) is 5.02 Å². The molecule has 4 nitrogen and oxygen atoms in total. The fraction of sp³-hybridized carbons (Fsp3) is 0.222. The minimum Gasteiger partial charge on any atom is -0.324 e. The lowest BCUT2D eigenvalue weighted by atomic mass is 10.2. The minimum atomic E-state index is 0.468. The smallest absolute Gasteiger partial charge is 0.210 e. The second-order valence-corrected chi connectivity index (χ2v) is 4.18. The molecule has 0 unspecified atom stereocenters. The van der Waals surface area contributed by atoms with Crippen LogP contribution in [0, 0.1) is 6.92 Å².